The number of unbranched alkanes of at least 4 members (excludes halogenated alkanes) is 1. The second kappa shape index (κ2) is 12.6. The molecule has 0 radical (unpaired) electrons. The molecule has 9 nitrogen and oxygen atoms in total. The van der Waals surface area contributed by atoms with Crippen molar-refractivity contribution in [2.24, 2.45) is 0 Å². The number of rotatable bonds is 13. The number of carbonyl (C=O) groups is 5. The fraction of sp³-hybridized carbons (Fsp3) is 0.632. The molecule has 0 fully saturated rings. The lowest BCUT2D eigenvalue weighted by Crippen LogP contribution is -2.40. The fourth-order valence-electron chi connectivity index (χ4n) is 2.62. The first-order valence-electron chi connectivity index (χ1n) is 9.66. The Morgan fingerprint density at radius 2 is 1.80 bits per heavy atom. The second-order valence-electron chi connectivity index (χ2n) is 7.71. The number of ether oxygens (including phenoxy) is 1. The van der Waals surface area contributed by atoms with Crippen LogP contribution in [-0.4, -0.2) is 65.4 Å². The SMILES string of the molecule is CC(C)(C)OC(=O)CNC(CCCCNC(=O)CCN1C(=O)C=CC1=O)C(=O)P=S. The van der Waals surface area contributed by atoms with E-state index >= 15 is 0 Å². The molecule has 0 spiro atoms. The summed E-state index contributed by atoms with van der Waals surface area (Å²) in [7, 11) is 0.193. The third-order valence-electron chi connectivity index (χ3n) is 4.01. The van der Waals surface area contributed by atoms with Crippen LogP contribution < -0.4 is 10.6 Å². The Hall–Kier alpha value is -2.03. The standard InChI is InChI=1S/C19H28N3O6PS/c1-19(2,3)28-17(26)12-21-13(18(27)29-30)6-4-5-10-20-14(23)9-11-22-15(24)7-8-16(22)25/h7-8,13,21H,4-6,9-12H2,1-3H3,(H,20,23). The Balaban J connectivity index is 2.26. The molecule has 0 saturated heterocycles. The van der Waals surface area contributed by atoms with E-state index in [-0.39, 0.29) is 38.3 Å². The highest BCUT2D eigenvalue weighted by Crippen LogP contribution is 2.10. The lowest BCUT2D eigenvalue weighted by molar-refractivity contribution is -0.153. The summed E-state index contributed by atoms with van der Waals surface area (Å²) in [6.45, 7) is 5.65. The molecular formula is C19H28N3O6PS. The van der Waals surface area contributed by atoms with Crippen LogP contribution in [0.1, 0.15) is 46.5 Å². The molecule has 0 aromatic carbocycles. The highest BCUT2D eigenvalue weighted by molar-refractivity contribution is 8.03. The number of hydrogen-bond acceptors (Lipinski definition) is 8. The van der Waals surface area contributed by atoms with Crippen LogP contribution in [0.25, 0.3) is 0 Å². The first kappa shape index (κ1) is 26.0. The number of amides is 3. The molecule has 0 bridgehead atoms. The van der Waals surface area contributed by atoms with Gasteiger partial charge in [-0.25, -0.2) is 0 Å². The van der Waals surface area contributed by atoms with Crippen molar-refractivity contribution in [2.75, 3.05) is 19.6 Å². The Kier molecular flexibility index (Phi) is 10.9. The Bertz CT molecular complexity index is 702. The van der Waals surface area contributed by atoms with Crippen molar-refractivity contribution in [1.29, 1.82) is 0 Å². The van der Waals surface area contributed by atoms with Gasteiger partial charge in [0.25, 0.3) is 11.8 Å². The summed E-state index contributed by atoms with van der Waals surface area (Å²) in [5.41, 5.74) is -0.787. The lowest BCUT2D eigenvalue weighted by Gasteiger charge is -2.21. The van der Waals surface area contributed by atoms with Crippen LogP contribution in [-0.2, 0) is 40.5 Å². The average molecular weight is 457 g/mol. The van der Waals surface area contributed by atoms with Gasteiger partial charge in [-0.1, -0.05) is 0 Å². The molecule has 1 atom stereocenters. The topological polar surface area (TPSA) is 122 Å². The van der Waals surface area contributed by atoms with Crippen LogP contribution in [0.5, 0.6) is 0 Å². The third kappa shape index (κ3) is 10.1. The molecule has 30 heavy (non-hydrogen) atoms. The Labute approximate surface area is 182 Å². The summed E-state index contributed by atoms with van der Waals surface area (Å²) in [6.07, 6.45) is 4.13. The molecule has 0 aromatic heterocycles. The van der Waals surface area contributed by atoms with Gasteiger partial charge in [0.05, 0.1) is 19.9 Å². The molecule has 1 heterocycles. The number of imide groups is 1. The van der Waals surface area contributed by atoms with Crippen molar-refractivity contribution in [2.45, 2.75) is 58.1 Å². The number of esters is 1. The van der Waals surface area contributed by atoms with Crippen LogP contribution in [0.3, 0.4) is 0 Å². The minimum absolute atomic E-state index is 0.0343. The smallest absolute Gasteiger partial charge is 0.320 e. The molecule has 1 rings (SSSR count). The molecule has 1 aliphatic rings. The van der Waals surface area contributed by atoms with Crippen molar-refractivity contribution >= 4 is 48.4 Å². The van der Waals surface area contributed by atoms with Gasteiger partial charge in [-0.3, -0.25) is 34.2 Å². The summed E-state index contributed by atoms with van der Waals surface area (Å²) >= 11 is 4.80. The molecule has 1 unspecified atom stereocenters. The summed E-state index contributed by atoms with van der Waals surface area (Å²) in [6, 6.07) is -0.549. The quantitative estimate of drug-likeness (QED) is 0.180. The maximum Gasteiger partial charge on any atom is 0.320 e. The van der Waals surface area contributed by atoms with Crippen LogP contribution >= 0.6 is 7.36 Å². The van der Waals surface area contributed by atoms with Crippen LogP contribution in [0, 0.1) is 0 Å². The zero-order valence-corrected chi connectivity index (χ0v) is 19.1. The predicted molar refractivity (Wildman–Crippen MR) is 114 cm³/mol. The first-order chi connectivity index (χ1) is 14.0. The molecule has 11 heteroatoms. The largest absolute Gasteiger partial charge is 0.459 e. The van der Waals surface area contributed by atoms with Crippen LogP contribution in [0.2, 0.25) is 0 Å². The zero-order chi connectivity index (χ0) is 22.7. The molecule has 2 N–H and O–H groups in total. The molecule has 166 valence electrons. The maximum atomic E-state index is 12.0. The van der Waals surface area contributed by atoms with E-state index in [1.165, 1.54) is 12.2 Å². The van der Waals surface area contributed by atoms with Gasteiger partial charge < -0.3 is 10.1 Å². The molecule has 0 aromatic rings. The van der Waals surface area contributed by atoms with E-state index in [1.54, 1.807) is 20.8 Å². The zero-order valence-electron chi connectivity index (χ0n) is 17.4. The van der Waals surface area contributed by atoms with E-state index in [0.717, 1.165) is 4.90 Å². The monoisotopic (exact) mass is 457 g/mol. The third-order valence-corrected chi connectivity index (χ3v) is 5.04. The van der Waals surface area contributed by atoms with E-state index in [0.29, 0.717) is 25.8 Å². The average Bonchev–Trinajstić information content (AvgIpc) is 2.97. The molecule has 0 saturated carbocycles. The number of nitrogens with zero attached hydrogens (tertiary/aromatic N) is 1. The summed E-state index contributed by atoms with van der Waals surface area (Å²) in [4.78, 5) is 59.5. The highest BCUT2D eigenvalue weighted by atomic mass is 32.4. The summed E-state index contributed by atoms with van der Waals surface area (Å²) < 4.78 is 5.21. The van der Waals surface area contributed by atoms with E-state index in [1.807, 2.05) is 0 Å². The van der Waals surface area contributed by atoms with Gasteiger partial charge in [0.1, 0.15) is 5.60 Å². The van der Waals surface area contributed by atoms with Gasteiger partial charge in [-0.15, -0.1) is 0 Å². The fourth-order valence-corrected chi connectivity index (χ4v) is 3.34. The van der Waals surface area contributed by atoms with E-state index in [4.69, 9.17) is 16.5 Å². The summed E-state index contributed by atoms with van der Waals surface area (Å²) in [5.74, 6) is -1.53. The lowest BCUT2D eigenvalue weighted by atomic mass is 10.1. The van der Waals surface area contributed by atoms with Crippen molar-refractivity contribution in [1.82, 2.24) is 15.5 Å². The van der Waals surface area contributed by atoms with Crippen molar-refractivity contribution in [3.8, 4) is 0 Å². The number of hydrogen-bond donors (Lipinski definition) is 2. The van der Waals surface area contributed by atoms with E-state index in [2.05, 4.69) is 10.6 Å². The van der Waals surface area contributed by atoms with Crippen molar-refractivity contribution < 1.29 is 28.7 Å². The summed E-state index contributed by atoms with van der Waals surface area (Å²) in [5, 5.41) is 5.61. The van der Waals surface area contributed by atoms with Gasteiger partial charge in [0.2, 0.25) is 11.4 Å². The normalized spacial score (nSPS) is 14.8. The van der Waals surface area contributed by atoms with Gasteiger partial charge in [0, 0.05) is 31.7 Å². The minimum atomic E-state index is -0.599. The second-order valence-corrected chi connectivity index (χ2v) is 8.88. The first-order valence-corrected chi connectivity index (χ1v) is 11.6. The Morgan fingerprint density at radius 3 is 2.37 bits per heavy atom. The van der Waals surface area contributed by atoms with Gasteiger partial charge in [0.15, 0.2) is 0 Å². The predicted octanol–water partition coefficient (Wildman–Crippen LogP) is 0.823. The van der Waals surface area contributed by atoms with E-state index < -0.39 is 29.4 Å². The number of nitrogens with one attached hydrogen (secondary N) is 2. The molecule has 3 amide bonds. The number of carbonyl (C=O) groups excluding carboxylic acids is 5. The minimum Gasteiger partial charge on any atom is -0.459 e. The molecule has 1 aliphatic heterocycles. The van der Waals surface area contributed by atoms with Gasteiger partial charge in [-0.2, -0.15) is 0 Å². The Morgan fingerprint density at radius 1 is 1.17 bits per heavy atom. The molecule has 0 aliphatic carbocycles. The van der Waals surface area contributed by atoms with E-state index in [9.17, 15) is 24.0 Å². The van der Waals surface area contributed by atoms with Gasteiger partial charge in [-0.05, 0) is 51.8 Å². The van der Waals surface area contributed by atoms with Gasteiger partial charge >= 0.3 is 5.97 Å². The van der Waals surface area contributed by atoms with Crippen molar-refractivity contribution in [3.05, 3.63) is 12.2 Å². The highest BCUT2D eigenvalue weighted by Gasteiger charge is 2.23. The van der Waals surface area contributed by atoms with Crippen molar-refractivity contribution in [3.63, 3.8) is 0 Å². The maximum absolute atomic E-state index is 12.0. The van der Waals surface area contributed by atoms with Crippen LogP contribution in [0.15, 0.2) is 12.2 Å². The molecular weight excluding hydrogens is 429 g/mol. The van der Waals surface area contributed by atoms with Crippen LogP contribution in [0.4, 0.5) is 0 Å².